The predicted molar refractivity (Wildman–Crippen MR) is 62.3 cm³/mol. The van der Waals surface area contributed by atoms with E-state index in [1.54, 1.807) is 17.1 Å². The van der Waals surface area contributed by atoms with Gasteiger partial charge in [-0.05, 0) is 30.7 Å². The van der Waals surface area contributed by atoms with Gasteiger partial charge in [0.15, 0.2) is 5.78 Å². The third-order valence-corrected chi connectivity index (χ3v) is 2.60. The molecule has 0 radical (unpaired) electrons. The summed E-state index contributed by atoms with van der Waals surface area (Å²) in [6.45, 7) is 2.62. The van der Waals surface area contributed by atoms with E-state index in [1.165, 1.54) is 0 Å². The monoisotopic (exact) mass is 250 g/mol. The lowest BCUT2D eigenvalue weighted by atomic mass is 10.0. The van der Waals surface area contributed by atoms with Crippen LogP contribution in [0.2, 0.25) is 0 Å². The molecule has 0 atom stereocenters. The van der Waals surface area contributed by atoms with Gasteiger partial charge in [-0.1, -0.05) is 0 Å². The van der Waals surface area contributed by atoms with Gasteiger partial charge in [-0.25, -0.2) is 8.78 Å². The van der Waals surface area contributed by atoms with Gasteiger partial charge in [0.25, 0.3) is 0 Å². The van der Waals surface area contributed by atoms with Gasteiger partial charge in [-0.2, -0.15) is 5.10 Å². The molecule has 0 N–H and O–H groups in total. The van der Waals surface area contributed by atoms with Crippen LogP contribution in [0.3, 0.4) is 0 Å². The average Bonchev–Trinajstić information content (AvgIpc) is 2.80. The lowest BCUT2D eigenvalue weighted by Crippen LogP contribution is -2.06. The summed E-state index contributed by atoms with van der Waals surface area (Å²) in [6, 6.07) is 2.86. The molecule has 18 heavy (non-hydrogen) atoms. The summed E-state index contributed by atoms with van der Waals surface area (Å²) in [5.41, 5.74) is 0.463. The summed E-state index contributed by atoms with van der Waals surface area (Å²) in [5.74, 6) is -1.78. The molecule has 94 valence electrons. The van der Waals surface area contributed by atoms with Crippen molar-refractivity contribution in [1.29, 1.82) is 0 Å². The lowest BCUT2D eigenvalue weighted by molar-refractivity contribution is 0.0988. The number of nitrogens with zero attached hydrogens (tertiary/aromatic N) is 2. The number of benzene rings is 1. The summed E-state index contributed by atoms with van der Waals surface area (Å²) in [6.07, 6.45) is 3.29. The van der Waals surface area contributed by atoms with Crippen molar-refractivity contribution in [3.8, 4) is 0 Å². The quantitative estimate of drug-likeness (QED) is 0.782. The molecule has 0 fully saturated rings. The smallest absolute Gasteiger partial charge is 0.170 e. The second-order valence-electron chi connectivity index (χ2n) is 3.93. The van der Waals surface area contributed by atoms with Crippen molar-refractivity contribution in [1.82, 2.24) is 9.78 Å². The third kappa shape index (κ3) is 2.61. The number of carbonyl (C=O) groups is 1. The zero-order valence-corrected chi connectivity index (χ0v) is 9.86. The molecule has 0 aliphatic carbocycles. The van der Waals surface area contributed by atoms with E-state index in [-0.39, 0.29) is 12.0 Å². The Morgan fingerprint density at radius 2 is 2.17 bits per heavy atom. The molecule has 0 saturated heterocycles. The van der Waals surface area contributed by atoms with Crippen LogP contribution < -0.4 is 0 Å². The number of hydrogen-bond acceptors (Lipinski definition) is 2. The van der Waals surface area contributed by atoms with E-state index in [2.05, 4.69) is 5.10 Å². The number of carbonyl (C=O) groups excluding carboxylic acids is 1. The van der Waals surface area contributed by atoms with Crippen LogP contribution in [0.1, 0.15) is 22.8 Å². The van der Waals surface area contributed by atoms with Crippen molar-refractivity contribution in [2.24, 2.45) is 0 Å². The van der Waals surface area contributed by atoms with Gasteiger partial charge < -0.3 is 0 Å². The predicted octanol–water partition coefficient (Wildman–Crippen LogP) is 2.61. The second kappa shape index (κ2) is 5.08. The number of aromatic nitrogens is 2. The summed E-state index contributed by atoms with van der Waals surface area (Å²) >= 11 is 0. The second-order valence-corrected chi connectivity index (χ2v) is 3.93. The number of hydrogen-bond donors (Lipinski definition) is 0. The summed E-state index contributed by atoms with van der Waals surface area (Å²) in [5, 5.41) is 4.02. The van der Waals surface area contributed by atoms with Gasteiger partial charge in [0, 0.05) is 19.2 Å². The Balaban J connectivity index is 2.19. The van der Waals surface area contributed by atoms with Crippen LogP contribution in [0.5, 0.6) is 0 Å². The fraction of sp³-hybridized carbons (Fsp3) is 0.231. The fourth-order valence-electron chi connectivity index (χ4n) is 1.66. The van der Waals surface area contributed by atoms with Crippen molar-refractivity contribution in [2.75, 3.05) is 0 Å². The molecule has 2 aromatic rings. The first-order valence-corrected chi connectivity index (χ1v) is 5.59. The highest BCUT2D eigenvalue weighted by molar-refractivity contribution is 5.97. The molecule has 0 saturated carbocycles. The highest BCUT2D eigenvalue weighted by Crippen LogP contribution is 2.13. The Bertz CT molecular complexity index is 578. The highest BCUT2D eigenvalue weighted by Gasteiger charge is 2.14. The molecule has 0 unspecified atom stereocenters. The molecule has 2 rings (SSSR count). The molecule has 0 spiro atoms. The molecular weight excluding hydrogens is 238 g/mol. The Hall–Kier alpha value is -2.04. The largest absolute Gasteiger partial charge is 0.294 e. The average molecular weight is 250 g/mol. The highest BCUT2D eigenvalue weighted by atomic mass is 19.1. The van der Waals surface area contributed by atoms with Crippen LogP contribution in [0.15, 0.2) is 30.6 Å². The van der Waals surface area contributed by atoms with Crippen LogP contribution in [-0.2, 0) is 13.0 Å². The Morgan fingerprint density at radius 1 is 1.39 bits per heavy atom. The van der Waals surface area contributed by atoms with E-state index in [0.29, 0.717) is 12.1 Å². The van der Waals surface area contributed by atoms with Gasteiger partial charge in [0.05, 0.1) is 11.8 Å². The third-order valence-electron chi connectivity index (χ3n) is 2.60. The molecule has 0 aliphatic heterocycles. The Morgan fingerprint density at radius 3 is 2.83 bits per heavy atom. The van der Waals surface area contributed by atoms with Crippen molar-refractivity contribution in [2.45, 2.75) is 19.9 Å². The standard InChI is InChI=1S/C13H12F2N2O/c1-2-17-8-9(7-16-17)5-13(18)11-6-10(14)3-4-12(11)15/h3-4,6-8H,2,5H2,1H3. The summed E-state index contributed by atoms with van der Waals surface area (Å²) in [7, 11) is 0. The minimum absolute atomic E-state index is 0.0143. The number of halogens is 2. The molecule has 0 bridgehead atoms. The maximum Gasteiger partial charge on any atom is 0.170 e. The molecule has 3 nitrogen and oxygen atoms in total. The molecule has 1 aromatic heterocycles. The molecule has 1 heterocycles. The van der Waals surface area contributed by atoms with Crippen LogP contribution >= 0.6 is 0 Å². The molecule has 0 aliphatic rings. The van der Waals surface area contributed by atoms with E-state index >= 15 is 0 Å². The zero-order valence-electron chi connectivity index (χ0n) is 9.86. The van der Waals surface area contributed by atoms with Crippen molar-refractivity contribution >= 4 is 5.78 Å². The van der Waals surface area contributed by atoms with Crippen molar-refractivity contribution in [3.63, 3.8) is 0 Å². The zero-order chi connectivity index (χ0) is 13.1. The van der Waals surface area contributed by atoms with Crippen LogP contribution in [0, 0.1) is 11.6 Å². The van der Waals surface area contributed by atoms with E-state index < -0.39 is 17.4 Å². The fourth-order valence-corrected chi connectivity index (χ4v) is 1.66. The number of aryl methyl sites for hydroxylation is 1. The minimum atomic E-state index is -0.704. The first kappa shape index (κ1) is 12.4. The van der Waals surface area contributed by atoms with Gasteiger partial charge in [0.1, 0.15) is 11.6 Å². The van der Waals surface area contributed by atoms with E-state index in [0.717, 1.165) is 18.2 Å². The number of Topliss-reactive ketones (excluding diaryl/α,β-unsaturated/α-hetero) is 1. The summed E-state index contributed by atoms with van der Waals surface area (Å²) < 4.78 is 28.0. The van der Waals surface area contributed by atoms with Gasteiger partial charge in [-0.3, -0.25) is 9.48 Å². The molecular formula is C13H12F2N2O. The number of rotatable bonds is 4. The maximum atomic E-state index is 13.4. The summed E-state index contributed by atoms with van der Waals surface area (Å²) in [4.78, 5) is 11.8. The van der Waals surface area contributed by atoms with Crippen LogP contribution in [-0.4, -0.2) is 15.6 Å². The Labute approximate surface area is 103 Å². The lowest BCUT2D eigenvalue weighted by Gasteiger charge is -2.01. The van der Waals surface area contributed by atoms with E-state index in [4.69, 9.17) is 0 Å². The van der Waals surface area contributed by atoms with Gasteiger partial charge in [0.2, 0.25) is 0 Å². The maximum absolute atomic E-state index is 13.4. The SMILES string of the molecule is CCn1cc(CC(=O)c2cc(F)ccc2F)cn1. The molecule has 0 amide bonds. The first-order valence-electron chi connectivity index (χ1n) is 5.59. The first-order chi connectivity index (χ1) is 8.60. The van der Waals surface area contributed by atoms with E-state index in [9.17, 15) is 13.6 Å². The topological polar surface area (TPSA) is 34.9 Å². The van der Waals surface area contributed by atoms with Crippen LogP contribution in [0.25, 0.3) is 0 Å². The Kier molecular flexibility index (Phi) is 3.50. The van der Waals surface area contributed by atoms with Gasteiger partial charge in [-0.15, -0.1) is 0 Å². The van der Waals surface area contributed by atoms with Gasteiger partial charge >= 0.3 is 0 Å². The number of ketones is 1. The van der Waals surface area contributed by atoms with Crippen molar-refractivity contribution in [3.05, 3.63) is 53.4 Å². The van der Waals surface area contributed by atoms with Crippen LogP contribution in [0.4, 0.5) is 8.78 Å². The molecule has 1 aromatic carbocycles. The normalized spacial score (nSPS) is 10.6. The van der Waals surface area contributed by atoms with E-state index in [1.807, 2.05) is 6.92 Å². The molecule has 5 heteroatoms. The van der Waals surface area contributed by atoms with Crippen molar-refractivity contribution < 1.29 is 13.6 Å². The minimum Gasteiger partial charge on any atom is -0.294 e.